The molecule has 1 aliphatic heterocycles. The van der Waals surface area contributed by atoms with Crippen molar-refractivity contribution in [3.05, 3.63) is 52.5 Å². The maximum Gasteiger partial charge on any atom is 0.417 e. The molecule has 0 saturated carbocycles. The third-order valence-electron chi connectivity index (χ3n) is 5.20. The number of alkyl halides is 3. The predicted molar refractivity (Wildman–Crippen MR) is 127 cm³/mol. The SMILES string of the molecule is CC(C)(C)OC(=O)Nc1cc(N2C(=O)N(c3ccc(C#N)c(C(F)(F)F)c3)C(=O)C2(C)C)ccc1Cl. The Balaban J connectivity index is 2.03. The van der Waals surface area contributed by atoms with Crippen molar-refractivity contribution in [1.29, 1.82) is 5.26 Å². The van der Waals surface area contributed by atoms with E-state index in [1.54, 1.807) is 20.8 Å². The lowest BCUT2D eigenvalue weighted by molar-refractivity contribution is -0.137. The third kappa shape index (κ3) is 5.09. The molecule has 2 aromatic carbocycles. The maximum atomic E-state index is 13.5. The summed E-state index contributed by atoms with van der Waals surface area (Å²) in [6.45, 7) is 7.87. The van der Waals surface area contributed by atoms with Crippen LogP contribution in [0.15, 0.2) is 36.4 Å². The number of ether oxygens (including phenoxy) is 1. The molecule has 0 radical (unpaired) electrons. The van der Waals surface area contributed by atoms with E-state index >= 15 is 0 Å². The highest BCUT2D eigenvalue weighted by molar-refractivity contribution is 6.34. The predicted octanol–water partition coefficient (Wildman–Crippen LogP) is 6.33. The molecular formula is C24H22ClF3N4O4. The van der Waals surface area contributed by atoms with Gasteiger partial charge in [0.05, 0.1) is 33.6 Å². The molecule has 1 heterocycles. The highest BCUT2D eigenvalue weighted by Crippen LogP contribution is 2.40. The first-order valence-corrected chi connectivity index (χ1v) is 10.9. The summed E-state index contributed by atoms with van der Waals surface area (Å²) in [5, 5.41) is 11.6. The van der Waals surface area contributed by atoms with Crippen LogP contribution >= 0.6 is 11.6 Å². The minimum Gasteiger partial charge on any atom is -0.444 e. The zero-order valence-electron chi connectivity index (χ0n) is 20.0. The van der Waals surface area contributed by atoms with E-state index in [-0.39, 0.29) is 22.1 Å². The van der Waals surface area contributed by atoms with E-state index in [0.29, 0.717) is 11.0 Å². The largest absolute Gasteiger partial charge is 0.444 e. The van der Waals surface area contributed by atoms with Crippen molar-refractivity contribution in [1.82, 2.24) is 0 Å². The van der Waals surface area contributed by atoms with Gasteiger partial charge in [-0.2, -0.15) is 18.4 Å². The van der Waals surface area contributed by atoms with Crippen LogP contribution in [0.4, 0.5) is 39.8 Å². The fourth-order valence-corrected chi connectivity index (χ4v) is 3.79. The van der Waals surface area contributed by atoms with E-state index in [2.05, 4.69) is 5.32 Å². The van der Waals surface area contributed by atoms with Gasteiger partial charge < -0.3 is 4.74 Å². The Morgan fingerprint density at radius 2 is 1.69 bits per heavy atom. The molecule has 1 saturated heterocycles. The molecule has 12 heteroatoms. The number of nitrogens with one attached hydrogen (secondary N) is 1. The summed E-state index contributed by atoms with van der Waals surface area (Å²) in [4.78, 5) is 40.5. The fraction of sp³-hybridized carbons (Fsp3) is 0.333. The summed E-state index contributed by atoms with van der Waals surface area (Å²) in [7, 11) is 0. The first-order chi connectivity index (χ1) is 16.5. The average Bonchev–Trinajstić information content (AvgIpc) is 2.91. The second-order valence-electron chi connectivity index (χ2n) is 9.45. The number of hydrogen-bond donors (Lipinski definition) is 1. The van der Waals surface area contributed by atoms with Gasteiger partial charge in [-0.1, -0.05) is 11.6 Å². The van der Waals surface area contributed by atoms with E-state index in [9.17, 15) is 27.6 Å². The van der Waals surface area contributed by atoms with E-state index in [1.807, 2.05) is 0 Å². The third-order valence-corrected chi connectivity index (χ3v) is 5.53. The average molecular weight is 523 g/mol. The van der Waals surface area contributed by atoms with E-state index < -0.39 is 46.5 Å². The number of urea groups is 1. The van der Waals surface area contributed by atoms with Gasteiger partial charge in [-0.3, -0.25) is 15.0 Å². The summed E-state index contributed by atoms with van der Waals surface area (Å²) < 4.78 is 45.6. The van der Waals surface area contributed by atoms with Crippen molar-refractivity contribution >= 4 is 46.7 Å². The van der Waals surface area contributed by atoms with Gasteiger partial charge in [0.2, 0.25) is 0 Å². The van der Waals surface area contributed by atoms with Crippen LogP contribution in [0.5, 0.6) is 0 Å². The molecule has 0 bridgehead atoms. The molecular weight excluding hydrogens is 501 g/mol. The van der Waals surface area contributed by atoms with Crippen LogP contribution in [0, 0.1) is 11.3 Å². The number of carbonyl (C=O) groups excluding carboxylic acids is 3. The fourth-order valence-electron chi connectivity index (χ4n) is 3.62. The molecule has 0 atom stereocenters. The van der Waals surface area contributed by atoms with E-state index in [4.69, 9.17) is 21.6 Å². The summed E-state index contributed by atoms with van der Waals surface area (Å²) in [5.74, 6) is -0.790. The number of nitrogens with zero attached hydrogens (tertiary/aromatic N) is 3. The zero-order valence-corrected chi connectivity index (χ0v) is 20.7. The lowest BCUT2D eigenvalue weighted by Crippen LogP contribution is -2.44. The monoisotopic (exact) mass is 522 g/mol. The summed E-state index contributed by atoms with van der Waals surface area (Å²) in [6.07, 6.45) is -5.68. The normalized spacial score (nSPS) is 15.7. The van der Waals surface area contributed by atoms with Crippen molar-refractivity contribution in [2.45, 2.75) is 51.9 Å². The Morgan fingerprint density at radius 1 is 1.08 bits per heavy atom. The van der Waals surface area contributed by atoms with Gasteiger partial charge >= 0.3 is 18.3 Å². The molecule has 36 heavy (non-hydrogen) atoms. The molecule has 1 aliphatic rings. The van der Waals surface area contributed by atoms with Gasteiger partial charge in [-0.25, -0.2) is 14.5 Å². The minimum atomic E-state index is -4.87. The molecule has 0 unspecified atom stereocenters. The lowest BCUT2D eigenvalue weighted by Gasteiger charge is -2.28. The molecule has 190 valence electrons. The Morgan fingerprint density at radius 3 is 2.25 bits per heavy atom. The molecule has 3 rings (SSSR count). The molecule has 1 fully saturated rings. The summed E-state index contributed by atoms with van der Waals surface area (Å²) >= 11 is 6.18. The van der Waals surface area contributed by atoms with Crippen LogP contribution in [0.3, 0.4) is 0 Å². The minimum absolute atomic E-state index is 0.0932. The first-order valence-electron chi connectivity index (χ1n) is 10.6. The number of hydrogen-bond acceptors (Lipinski definition) is 5. The van der Waals surface area contributed by atoms with Crippen molar-refractivity contribution in [3.63, 3.8) is 0 Å². The van der Waals surface area contributed by atoms with Gasteiger partial charge in [0.15, 0.2) is 0 Å². The van der Waals surface area contributed by atoms with Gasteiger partial charge in [-0.05, 0) is 71.0 Å². The molecule has 0 aromatic heterocycles. The lowest BCUT2D eigenvalue weighted by atomic mass is 10.0. The Hall–Kier alpha value is -3.78. The van der Waals surface area contributed by atoms with E-state index in [1.165, 1.54) is 38.1 Å². The number of rotatable bonds is 3. The van der Waals surface area contributed by atoms with Crippen LogP contribution < -0.4 is 15.1 Å². The van der Waals surface area contributed by atoms with Gasteiger partial charge in [-0.15, -0.1) is 0 Å². The smallest absolute Gasteiger partial charge is 0.417 e. The maximum absolute atomic E-state index is 13.5. The van der Waals surface area contributed by atoms with Crippen LogP contribution in [-0.2, 0) is 15.7 Å². The van der Waals surface area contributed by atoms with Crippen molar-refractivity contribution < 1.29 is 32.3 Å². The highest BCUT2D eigenvalue weighted by Gasteiger charge is 2.53. The summed E-state index contributed by atoms with van der Waals surface area (Å²) in [6, 6.07) is 7.30. The van der Waals surface area contributed by atoms with Gasteiger partial charge in [0, 0.05) is 5.69 Å². The molecule has 2 aromatic rings. The van der Waals surface area contributed by atoms with Crippen LogP contribution in [-0.4, -0.2) is 29.2 Å². The number of nitriles is 1. The highest BCUT2D eigenvalue weighted by atomic mass is 35.5. The summed E-state index contributed by atoms with van der Waals surface area (Å²) in [5.41, 5.74) is -4.30. The standard InChI is InChI=1S/C24H22ClF3N4O4/c1-22(2,3)36-20(34)30-18-11-15(8-9-17(18)25)32-21(35)31(19(33)23(32,4)5)14-7-6-13(12-29)16(10-14)24(26,27)28/h6-11H,1-5H3,(H,30,34). The second-order valence-corrected chi connectivity index (χ2v) is 9.86. The topological polar surface area (TPSA) is 103 Å². The van der Waals surface area contributed by atoms with Gasteiger partial charge in [0.25, 0.3) is 5.91 Å². The number of amides is 4. The van der Waals surface area contributed by atoms with Crippen molar-refractivity contribution in [2.24, 2.45) is 0 Å². The van der Waals surface area contributed by atoms with Crippen molar-refractivity contribution in [3.8, 4) is 6.07 Å². The van der Waals surface area contributed by atoms with E-state index in [0.717, 1.165) is 17.0 Å². The molecule has 0 aliphatic carbocycles. The quantitative estimate of drug-likeness (QED) is 0.474. The van der Waals surface area contributed by atoms with Crippen LogP contribution in [0.25, 0.3) is 0 Å². The number of anilines is 3. The Kier molecular flexibility index (Phi) is 6.72. The Bertz CT molecular complexity index is 1300. The van der Waals surface area contributed by atoms with Crippen LogP contribution in [0.1, 0.15) is 45.7 Å². The first kappa shape index (κ1) is 26.8. The molecule has 8 nitrogen and oxygen atoms in total. The second kappa shape index (κ2) is 9.02. The van der Waals surface area contributed by atoms with Crippen molar-refractivity contribution in [2.75, 3.05) is 15.1 Å². The van der Waals surface area contributed by atoms with Gasteiger partial charge in [0.1, 0.15) is 11.1 Å². The number of carbonyl (C=O) groups is 3. The molecule has 1 N–H and O–H groups in total. The Labute approximate surface area is 210 Å². The van der Waals surface area contributed by atoms with Crippen LogP contribution in [0.2, 0.25) is 5.02 Å². The number of benzene rings is 2. The molecule has 0 spiro atoms. The number of halogens is 4. The zero-order chi connectivity index (χ0) is 27.2. The number of imide groups is 1. The molecule has 4 amide bonds.